The zero-order valence-electron chi connectivity index (χ0n) is 10.5. The Bertz CT molecular complexity index is 461. The summed E-state index contributed by atoms with van der Waals surface area (Å²) in [7, 11) is 0. The highest BCUT2D eigenvalue weighted by atomic mass is 79.9. The summed E-state index contributed by atoms with van der Waals surface area (Å²) in [5.74, 6) is 0.889. The summed E-state index contributed by atoms with van der Waals surface area (Å²) in [5, 5.41) is 2.99. The van der Waals surface area contributed by atoms with Gasteiger partial charge in [-0.25, -0.2) is 4.98 Å². The molecule has 2 fully saturated rings. The molecule has 1 aliphatic carbocycles. The Hall–Kier alpha value is -1.14. The van der Waals surface area contributed by atoms with Crippen LogP contribution in [0.15, 0.2) is 22.8 Å². The van der Waals surface area contributed by atoms with Crippen LogP contribution in [0.25, 0.3) is 0 Å². The van der Waals surface area contributed by atoms with Crippen LogP contribution in [0, 0.1) is 0 Å². The van der Waals surface area contributed by atoms with Gasteiger partial charge in [0.05, 0.1) is 13.2 Å². The maximum atomic E-state index is 12.0. The lowest BCUT2D eigenvalue weighted by molar-refractivity contribution is -0.133. The summed E-state index contributed by atoms with van der Waals surface area (Å²) in [6.45, 7) is 1.88. The molecule has 1 saturated carbocycles. The fraction of sp³-hybridized carbons (Fsp3) is 0.538. The van der Waals surface area contributed by atoms with Crippen molar-refractivity contribution < 1.29 is 9.53 Å². The van der Waals surface area contributed by atoms with E-state index in [1.54, 1.807) is 6.20 Å². The van der Waals surface area contributed by atoms with E-state index in [1.807, 2.05) is 12.1 Å². The van der Waals surface area contributed by atoms with Crippen LogP contribution in [-0.2, 0) is 9.53 Å². The lowest BCUT2D eigenvalue weighted by atomic mass is 10.2. The number of ether oxygens (including phenoxy) is 1. The molecule has 0 aromatic carbocycles. The Balaban J connectivity index is 1.63. The third kappa shape index (κ3) is 3.25. The number of hydrogen-bond donors (Lipinski definition) is 1. The van der Waals surface area contributed by atoms with Crippen molar-refractivity contribution in [3.8, 4) is 0 Å². The molecule has 3 rings (SSSR count). The summed E-state index contributed by atoms with van der Waals surface area (Å²) < 4.78 is 6.50. The highest BCUT2D eigenvalue weighted by Crippen LogP contribution is 2.21. The first-order chi connectivity index (χ1) is 9.22. The van der Waals surface area contributed by atoms with Crippen LogP contribution < -0.4 is 10.2 Å². The van der Waals surface area contributed by atoms with Crippen LogP contribution in [0.3, 0.4) is 0 Å². The van der Waals surface area contributed by atoms with Crippen LogP contribution in [0.4, 0.5) is 5.82 Å². The largest absolute Gasteiger partial charge is 0.365 e. The van der Waals surface area contributed by atoms with E-state index < -0.39 is 0 Å². The number of nitrogens with one attached hydrogen (secondary N) is 1. The van der Waals surface area contributed by atoms with Gasteiger partial charge < -0.3 is 15.0 Å². The number of anilines is 1. The van der Waals surface area contributed by atoms with Gasteiger partial charge in [-0.2, -0.15) is 0 Å². The van der Waals surface area contributed by atoms with Gasteiger partial charge in [-0.3, -0.25) is 4.79 Å². The monoisotopic (exact) mass is 325 g/mol. The number of carbonyl (C=O) groups is 1. The van der Waals surface area contributed by atoms with Crippen molar-refractivity contribution in [3.05, 3.63) is 22.8 Å². The predicted octanol–water partition coefficient (Wildman–Crippen LogP) is 1.33. The zero-order valence-corrected chi connectivity index (χ0v) is 12.1. The van der Waals surface area contributed by atoms with Crippen molar-refractivity contribution in [2.75, 3.05) is 24.6 Å². The minimum Gasteiger partial charge on any atom is -0.365 e. The highest BCUT2D eigenvalue weighted by Gasteiger charge is 2.31. The molecule has 102 valence electrons. The molecule has 2 aliphatic rings. The van der Waals surface area contributed by atoms with Crippen LogP contribution in [0.1, 0.15) is 12.8 Å². The quantitative estimate of drug-likeness (QED) is 0.910. The molecule has 5 nitrogen and oxygen atoms in total. The van der Waals surface area contributed by atoms with Gasteiger partial charge in [0.15, 0.2) is 6.10 Å². The number of rotatable bonds is 3. The third-order valence-electron chi connectivity index (χ3n) is 3.32. The van der Waals surface area contributed by atoms with Gasteiger partial charge in [0.2, 0.25) is 0 Å². The predicted molar refractivity (Wildman–Crippen MR) is 75.1 cm³/mol. The zero-order chi connectivity index (χ0) is 13.2. The van der Waals surface area contributed by atoms with Crippen molar-refractivity contribution >= 4 is 27.7 Å². The summed E-state index contributed by atoms with van der Waals surface area (Å²) >= 11 is 3.37. The molecular formula is C13H16BrN3O2. The minimum atomic E-state index is -0.389. The molecule has 1 saturated heterocycles. The minimum absolute atomic E-state index is 0.00399. The molecule has 2 heterocycles. The summed E-state index contributed by atoms with van der Waals surface area (Å²) in [6.07, 6.45) is 3.57. The Morgan fingerprint density at radius 3 is 3.00 bits per heavy atom. The van der Waals surface area contributed by atoms with Crippen molar-refractivity contribution in [2.45, 2.75) is 25.0 Å². The topological polar surface area (TPSA) is 54.5 Å². The van der Waals surface area contributed by atoms with E-state index in [4.69, 9.17) is 4.74 Å². The van der Waals surface area contributed by atoms with E-state index in [2.05, 4.69) is 31.1 Å². The molecule has 1 amide bonds. The summed E-state index contributed by atoms with van der Waals surface area (Å²) in [6, 6.07) is 4.28. The van der Waals surface area contributed by atoms with Crippen LogP contribution in [-0.4, -0.2) is 42.7 Å². The van der Waals surface area contributed by atoms with Crippen molar-refractivity contribution in [1.29, 1.82) is 0 Å². The second kappa shape index (κ2) is 5.46. The van der Waals surface area contributed by atoms with Crippen molar-refractivity contribution in [2.24, 2.45) is 0 Å². The summed E-state index contributed by atoms with van der Waals surface area (Å²) in [5.41, 5.74) is 0. The number of carbonyl (C=O) groups excluding carboxylic acids is 1. The van der Waals surface area contributed by atoms with Crippen molar-refractivity contribution in [3.63, 3.8) is 0 Å². The lowest BCUT2D eigenvalue weighted by Gasteiger charge is -2.33. The highest BCUT2D eigenvalue weighted by molar-refractivity contribution is 9.10. The SMILES string of the molecule is O=C(NC1CC1)C1CN(c2ccc(Br)cn2)CCO1. The van der Waals surface area contributed by atoms with Gasteiger partial charge in [0, 0.05) is 23.3 Å². The van der Waals surface area contributed by atoms with Gasteiger partial charge in [-0.1, -0.05) is 0 Å². The van der Waals surface area contributed by atoms with Gasteiger partial charge >= 0.3 is 0 Å². The lowest BCUT2D eigenvalue weighted by Crippen LogP contribution is -2.50. The first-order valence-electron chi connectivity index (χ1n) is 6.51. The fourth-order valence-electron chi connectivity index (χ4n) is 2.09. The van der Waals surface area contributed by atoms with Gasteiger partial charge in [0.1, 0.15) is 5.82 Å². The number of pyridine rings is 1. The molecule has 19 heavy (non-hydrogen) atoms. The molecule has 1 aliphatic heterocycles. The Labute approximate surface area is 120 Å². The van der Waals surface area contributed by atoms with E-state index in [0.29, 0.717) is 19.2 Å². The van der Waals surface area contributed by atoms with Gasteiger partial charge in [0.25, 0.3) is 5.91 Å². The van der Waals surface area contributed by atoms with Gasteiger partial charge in [-0.05, 0) is 40.9 Å². The Morgan fingerprint density at radius 2 is 2.32 bits per heavy atom. The van der Waals surface area contributed by atoms with E-state index in [1.165, 1.54) is 0 Å². The van der Waals surface area contributed by atoms with E-state index in [0.717, 1.165) is 29.7 Å². The molecule has 6 heteroatoms. The maximum Gasteiger partial charge on any atom is 0.251 e. The van der Waals surface area contributed by atoms with Crippen LogP contribution >= 0.6 is 15.9 Å². The normalized spacial score (nSPS) is 23.2. The number of nitrogens with zero attached hydrogens (tertiary/aromatic N) is 2. The smallest absolute Gasteiger partial charge is 0.251 e. The van der Waals surface area contributed by atoms with E-state index in [9.17, 15) is 4.79 Å². The molecule has 1 aromatic rings. The first kappa shape index (κ1) is 12.9. The maximum absolute atomic E-state index is 12.0. The second-order valence-corrected chi connectivity index (χ2v) is 5.84. The molecule has 1 unspecified atom stereocenters. The average Bonchev–Trinajstić information content (AvgIpc) is 3.24. The Morgan fingerprint density at radius 1 is 1.47 bits per heavy atom. The average molecular weight is 326 g/mol. The standard InChI is InChI=1S/C13H16BrN3O2/c14-9-1-4-12(15-7-9)17-5-6-19-11(8-17)13(18)16-10-2-3-10/h1,4,7,10-11H,2-3,5-6,8H2,(H,16,18). The molecular weight excluding hydrogens is 310 g/mol. The third-order valence-corrected chi connectivity index (χ3v) is 3.79. The molecule has 0 spiro atoms. The second-order valence-electron chi connectivity index (χ2n) is 4.92. The van der Waals surface area contributed by atoms with E-state index in [-0.39, 0.29) is 12.0 Å². The first-order valence-corrected chi connectivity index (χ1v) is 7.30. The number of morpholine rings is 1. The molecule has 1 N–H and O–H groups in total. The number of amides is 1. The van der Waals surface area contributed by atoms with Crippen LogP contribution in [0.2, 0.25) is 0 Å². The van der Waals surface area contributed by atoms with Crippen molar-refractivity contribution in [1.82, 2.24) is 10.3 Å². The molecule has 1 atom stereocenters. The molecule has 1 aromatic heterocycles. The number of halogens is 1. The van der Waals surface area contributed by atoms with E-state index >= 15 is 0 Å². The Kier molecular flexibility index (Phi) is 3.70. The van der Waals surface area contributed by atoms with Gasteiger partial charge in [-0.15, -0.1) is 0 Å². The molecule has 0 bridgehead atoms. The summed E-state index contributed by atoms with van der Waals surface area (Å²) in [4.78, 5) is 18.4. The number of aromatic nitrogens is 1. The fourth-order valence-corrected chi connectivity index (χ4v) is 2.33. The number of hydrogen-bond acceptors (Lipinski definition) is 4. The molecule has 0 radical (unpaired) electrons. The van der Waals surface area contributed by atoms with Crippen LogP contribution in [0.5, 0.6) is 0 Å².